The smallest absolute Gasteiger partial charge is 0.245 e. The molecular weight excluding hydrogens is 625 g/mol. The first kappa shape index (κ1) is 33.8. The van der Waals surface area contributed by atoms with Gasteiger partial charge in [0.1, 0.15) is 23.9 Å². The molecule has 0 aliphatic carbocycles. The summed E-state index contributed by atoms with van der Waals surface area (Å²) < 4.78 is -0.307. The van der Waals surface area contributed by atoms with E-state index in [0.29, 0.717) is 5.56 Å². The van der Waals surface area contributed by atoms with Gasteiger partial charge in [-0.3, -0.25) is 28.8 Å². The number of carbonyl (C=O) groups excluding carboxylic acids is 6. The molecule has 0 unspecified atom stereocenters. The number of hydrogen-bond donors (Lipinski definition) is 7. The molecule has 5 atom stereocenters. The predicted molar refractivity (Wildman–Crippen MR) is 149 cm³/mol. The highest BCUT2D eigenvalue weighted by atomic mass is 127. The average Bonchev–Trinajstić information content (AvgIpc) is 2.84. The Bertz CT molecular complexity index is 1050. The molecule has 0 fully saturated rings. The van der Waals surface area contributed by atoms with Gasteiger partial charge in [0.05, 0.1) is 18.7 Å². The number of aliphatic hydroxyl groups excluding tert-OH is 1. The van der Waals surface area contributed by atoms with Crippen LogP contribution in [-0.4, -0.2) is 80.4 Å². The first-order valence-corrected chi connectivity index (χ1v) is 13.3. The highest BCUT2D eigenvalue weighted by Crippen LogP contribution is 2.12. The topological polar surface area (TPSA) is 203 Å². The van der Waals surface area contributed by atoms with E-state index in [2.05, 4.69) is 26.6 Å². The minimum Gasteiger partial charge on any atom is -0.508 e. The lowest BCUT2D eigenvalue weighted by Gasteiger charge is -2.25. The largest absolute Gasteiger partial charge is 0.508 e. The van der Waals surface area contributed by atoms with Crippen molar-refractivity contribution in [3.05, 3.63) is 29.8 Å². The molecule has 1 aromatic rings. The van der Waals surface area contributed by atoms with E-state index in [1.165, 1.54) is 32.9 Å². The van der Waals surface area contributed by atoms with Crippen LogP contribution in [0, 0.1) is 5.92 Å². The Morgan fingerprint density at radius 2 is 1.41 bits per heavy atom. The van der Waals surface area contributed by atoms with Crippen LogP contribution in [0.5, 0.6) is 5.75 Å². The van der Waals surface area contributed by atoms with Crippen LogP contribution < -0.4 is 26.6 Å². The molecule has 0 aromatic heterocycles. The first-order chi connectivity index (χ1) is 18.1. The first-order valence-electron chi connectivity index (χ1n) is 12.2. The number of halogens is 1. The summed E-state index contributed by atoms with van der Waals surface area (Å²) in [4.78, 5) is 73.6. The lowest BCUT2D eigenvalue weighted by molar-refractivity contribution is -0.134. The summed E-state index contributed by atoms with van der Waals surface area (Å²) in [5, 5.41) is 31.6. The molecule has 13 nitrogen and oxygen atoms in total. The molecule has 0 aliphatic heterocycles. The lowest BCUT2D eigenvalue weighted by Crippen LogP contribution is -2.58. The lowest BCUT2D eigenvalue weighted by atomic mass is 10.0. The van der Waals surface area contributed by atoms with E-state index in [4.69, 9.17) is 0 Å². The molecule has 1 aromatic carbocycles. The summed E-state index contributed by atoms with van der Waals surface area (Å²) in [6.07, 6.45) is -1.19. The van der Waals surface area contributed by atoms with Crippen LogP contribution in [0.3, 0.4) is 0 Å². The van der Waals surface area contributed by atoms with Crippen molar-refractivity contribution in [1.29, 1.82) is 0 Å². The molecule has 5 amide bonds. The summed E-state index contributed by atoms with van der Waals surface area (Å²) >= 11 is 1.56. The van der Waals surface area contributed by atoms with Gasteiger partial charge in [-0.15, -0.1) is 0 Å². The van der Waals surface area contributed by atoms with Gasteiger partial charge >= 0.3 is 0 Å². The number of hydrogen-bond acceptors (Lipinski definition) is 8. The highest BCUT2D eigenvalue weighted by Gasteiger charge is 2.31. The summed E-state index contributed by atoms with van der Waals surface area (Å²) in [5.74, 6) is -3.52. The Morgan fingerprint density at radius 1 is 0.821 bits per heavy atom. The molecule has 0 bridgehead atoms. The molecule has 0 spiro atoms. The SMILES string of the molecule is CC(=O)N[C@@H](Cc1ccc(O)cc1)C(=O)N[C@@H](C)C(=O)NCC(=O)N[C@H](C(=O)N[C@H](C(=O)I)C(C)C)[C@@H](C)O. The van der Waals surface area contributed by atoms with Gasteiger partial charge in [0.25, 0.3) is 0 Å². The standard InChI is InChI=1S/C25H36IN5O8/c1-12(2)20(22(26)36)31-25(39)21(14(4)32)30-19(35)11-27-23(37)13(3)28-24(38)18(29-15(5)33)10-16-6-8-17(34)9-7-16/h6-9,12-14,18,20-21,32,34H,10-11H2,1-5H3,(H,27,37)(H,28,38)(H,29,33)(H,30,35)(H,31,39)/t13-,14+,18-,20-,21-/m0/s1. The number of phenols is 1. The molecule has 7 N–H and O–H groups in total. The second-order valence-electron chi connectivity index (χ2n) is 9.39. The summed E-state index contributed by atoms with van der Waals surface area (Å²) in [7, 11) is 0. The van der Waals surface area contributed by atoms with Crippen LogP contribution in [0.2, 0.25) is 0 Å². The predicted octanol–water partition coefficient (Wildman–Crippen LogP) is -0.972. The number of amides is 5. The Hall–Kier alpha value is -3.27. The van der Waals surface area contributed by atoms with Crippen molar-refractivity contribution >= 4 is 55.9 Å². The van der Waals surface area contributed by atoms with Crippen LogP contribution in [-0.2, 0) is 35.2 Å². The molecule has 0 saturated carbocycles. The number of benzene rings is 1. The Kier molecular flexibility index (Phi) is 13.8. The Morgan fingerprint density at radius 3 is 1.90 bits per heavy atom. The van der Waals surface area contributed by atoms with E-state index in [1.807, 2.05) is 0 Å². The highest BCUT2D eigenvalue weighted by molar-refractivity contribution is 14.1. The second-order valence-corrected chi connectivity index (χ2v) is 10.5. The van der Waals surface area contributed by atoms with Crippen molar-refractivity contribution in [3.8, 4) is 5.75 Å². The monoisotopic (exact) mass is 661 g/mol. The van der Waals surface area contributed by atoms with Crippen molar-refractivity contribution in [1.82, 2.24) is 26.6 Å². The Labute approximate surface area is 240 Å². The van der Waals surface area contributed by atoms with E-state index in [-0.39, 0.29) is 21.9 Å². The van der Waals surface area contributed by atoms with Crippen LogP contribution in [0.1, 0.15) is 40.2 Å². The van der Waals surface area contributed by atoms with Crippen molar-refractivity contribution in [2.75, 3.05) is 6.54 Å². The zero-order chi connectivity index (χ0) is 29.9. The number of aromatic hydroxyl groups is 1. The number of phenolic OH excluding ortho intramolecular Hbond substituents is 1. The van der Waals surface area contributed by atoms with Gasteiger partial charge in [-0.1, -0.05) is 26.0 Å². The van der Waals surface area contributed by atoms with Gasteiger partial charge in [-0.2, -0.15) is 0 Å². The summed E-state index contributed by atoms with van der Waals surface area (Å²) in [5.41, 5.74) is 0.662. The van der Waals surface area contributed by atoms with Gasteiger partial charge in [-0.25, -0.2) is 0 Å². The Balaban J connectivity index is 2.71. The van der Waals surface area contributed by atoms with E-state index in [0.717, 1.165) is 0 Å². The molecule has 0 radical (unpaired) electrons. The van der Waals surface area contributed by atoms with Crippen LogP contribution in [0.25, 0.3) is 0 Å². The third kappa shape index (κ3) is 12.0. The third-order valence-electron chi connectivity index (χ3n) is 5.54. The van der Waals surface area contributed by atoms with Crippen LogP contribution in [0.15, 0.2) is 24.3 Å². The molecule has 0 aliphatic rings. The van der Waals surface area contributed by atoms with Gasteiger partial charge in [0, 0.05) is 35.9 Å². The molecule has 0 saturated heterocycles. The van der Waals surface area contributed by atoms with E-state index in [1.54, 1.807) is 48.6 Å². The van der Waals surface area contributed by atoms with Crippen molar-refractivity contribution in [2.45, 2.75) is 71.3 Å². The molecule has 14 heteroatoms. The van der Waals surface area contributed by atoms with Crippen molar-refractivity contribution in [2.24, 2.45) is 5.92 Å². The van der Waals surface area contributed by atoms with E-state index in [9.17, 15) is 39.0 Å². The molecule has 0 heterocycles. The normalized spacial score (nSPS) is 14.7. The summed E-state index contributed by atoms with van der Waals surface area (Å²) in [6.45, 7) is 6.83. The minimum atomic E-state index is -1.37. The molecule has 1 rings (SSSR count). The van der Waals surface area contributed by atoms with Crippen LogP contribution in [0.4, 0.5) is 0 Å². The third-order valence-corrected chi connectivity index (χ3v) is 6.21. The van der Waals surface area contributed by atoms with Gasteiger partial charge in [-0.05, 0) is 37.5 Å². The molecule has 39 heavy (non-hydrogen) atoms. The zero-order valence-corrected chi connectivity index (χ0v) is 24.6. The fraction of sp³-hybridized carbons (Fsp3) is 0.520. The fourth-order valence-electron chi connectivity index (χ4n) is 3.38. The number of aliphatic hydroxyl groups is 1. The molecular formula is C25H36IN5O8. The second kappa shape index (κ2) is 16.0. The van der Waals surface area contributed by atoms with Crippen molar-refractivity contribution in [3.63, 3.8) is 0 Å². The maximum Gasteiger partial charge on any atom is 0.245 e. The zero-order valence-electron chi connectivity index (χ0n) is 22.4. The van der Waals surface area contributed by atoms with Crippen molar-refractivity contribution < 1.29 is 39.0 Å². The summed E-state index contributed by atoms with van der Waals surface area (Å²) in [6, 6.07) is 1.80. The maximum atomic E-state index is 12.8. The number of rotatable bonds is 14. The number of nitrogens with one attached hydrogen (secondary N) is 5. The van der Waals surface area contributed by atoms with Gasteiger partial charge < -0.3 is 36.8 Å². The number of carbonyl (C=O) groups is 6. The van der Waals surface area contributed by atoms with E-state index >= 15 is 0 Å². The minimum absolute atomic E-state index is 0.0458. The fourth-order valence-corrected chi connectivity index (χ4v) is 4.26. The average molecular weight is 661 g/mol. The quantitative estimate of drug-likeness (QED) is 0.0975. The maximum absolute atomic E-state index is 12.8. The van der Waals surface area contributed by atoms with Gasteiger partial charge in [0.15, 0.2) is 0 Å². The van der Waals surface area contributed by atoms with Crippen LogP contribution >= 0.6 is 22.6 Å². The van der Waals surface area contributed by atoms with Gasteiger partial charge in [0.2, 0.25) is 33.3 Å². The van der Waals surface area contributed by atoms with E-state index < -0.39 is 66.4 Å². The molecule has 216 valence electrons.